The number of carbonyl (C=O) groups excluding carboxylic acids is 1. The third-order valence-electron chi connectivity index (χ3n) is 4.10. The minimum atomic E-state index is -0.307. The number of hydrogen-bond acceptors (Lipinski definition) is 3. The van der Waals surface area contributed by atoms with Crippen LogP contribution < -0.4 is 0 Å². The number of rotatable bonds is 3. The molecule has 2 unspecified atom stereocenters. The average molecular weight is 278 g/mol. The summed E-state index contributed by atoms with van der Waals surface area (Å²) in [5.74, 6) is -0.236. The summed E-state index contributed by atoms with van der Waals surface area (Å²) in [5.41, 5.74) is 0.587. The van der Waals surface area contributed by atoms with Gasteiger partial charge in [-0.25, -0.2) is 4.39 Å². The van der Waals surface area contributed by atoms with Gasteiger partial charge in [-0.1, -0.05) is 0 Å². The van der Waals surface area contributed by atoms with E-state index in [9.17, 15) is 9.18 Å². The highest BCUT2D eigenvalue weighted by atomic mass is 19.1. The number of halogens is 1. The van der Waals surface area contributed by atoms with Crippen LogP contribution in [0, 0.1) is 5.82 Å². The van der Waals surface area contributed by atoms with E-state index in [4.69, 9.17) is 0 Å². The van der Waals surface area contributed by atoms with E-state index in [-0.39, 0.29) is 17.6 Å². The lowest BCUT2D eigenvalue weighted by molar-refractivity contribution is 0.0778. The average Bonchev–Trinajstić information content (AvgIpc) is 2.58. The maximum atomic E-state index is 12.9. The van der Waals surface area contributed by atoms with Gasteiger partial charge in [0.1, 0.15) is 5.82 Å². The fourth-order valence-corrected chi connectivity index (χ4v) is 2.97. The first-order valence-electron chi connectivity index (χ1n) is 7.23. The van der Waals surface area contributed by atoms with Crippen molar-refractivity contribution < 1.29 is 9.18 Å². The maximum absolute atomic E-state index is 12.9. The minimum Gasteiger partial charge on any atom is -0.305 e. The molecular formula is C16H23FN2O. The zero-order chi connectivity index (χ0) is 14.7. The van der Waals surface area contributed by atoms with E-state index in [0.717, 1.165) is 26.1 Å². The van der Waals surface area contributed by atoms with Gasteiger partial charge in [0.2, 0.25) is 0 Å². The van der Waals surface area contributed by atoms with E-state index in [2.05, 4.69) is 23.8 Å². The van der Waals surface area contributed by atoms with Gasteiger partial charge in [0, 0.05) is 24.7 Å². The van der Waals surface area contributed by atoms with Crippen LogP contribution in [0.3, 0.4) is 0 Å². The standard InChI is InChI=1S/C16H23FN2O/c1-12-11-18(3)9-4-10-19(12)13(2)16(20)14-5-7-15(17)8-6-14/h5-8,12-13H,4,9-11H2,1-3H3. The van der Waals surface area contributed by atoms with Gasteiger partial charge < -0.3 is 4.90 Å². The van der Waals surface area contributed by atoms with Crippen LogP contribution in [-0.2, 0) is 0 Å². The fraction of sp³-hybridized carbons (Fsp3) is 0.562. The molecule has 0 aromatic heterocycles. The van der Waals surface area contributed by atoms with Gasteiger partial charge in [-0.05, 0) is 58.1 Å². The van der Waals surface area contributed by atoms with Gasteiger partial charge in [0.25, 0.3) is 0 Å². The number of benzene rings is 1. The SMILES string of the molecule is CC1CN(C)CCCN1C(C)C(=O)c1ccc(F)cc1. The molecule has 4 heteroatoms. The molecule has 1 aromatic carbocycles. The van der Waals surface area contributed by atoms with Crippen molar-refractivity contribution in [2.24, 2.45) is 0 Å². The Morgan fingerprint density at radius 3 is 2.60 bits per heavy atom. The molecule has 1 saturated heterocycles. The lowest BCUT2D eigenvalue weighted by Gasteiger charge is -2.32. The van der Waals surface area contributed by atoms with Gasteiger partial charge in [0.05, 0.1) is 6.04 Å². The highest BCUT2D eigenvalue weighted by Crippen LogP contribution is 2.16. The molecule has 0 spiro atoms. The van der Waals surface area contributed by atoms with E-state index >= 15 is 0 Å². The molecule has 2 atom stereocenters. The van der Waals surface area contributed by atoms with Crippen LogP contribution in [0.5, 0.6) is 0 Å². The van der Waals surface area contributed by atoms with Crippen LogP contribution in [0.4, 0.5) is 4.39 Å². The molecule has 1 fully saturated rings. The van der Waals surface area contributed by atoms with E-state index in [1.807, 2.05) is 6.92 Å². The summed E-state index contributed by atoms with van der Waals surface area (Å²) in [6.07, 6.45) is 1.07. The number of carbonyl (C=O) groups is 1. The molecule has 1 aromatic rings. The molecule has 0 bridgehead atoms. The van der Waals surface area contributed by atoms with Crippen LogP contribution in [0.1, 0.15) is 30.6 Å². The molecular weight excluding hydrogens is 255 g/mol. The quantitative estimate of drug-likeness (QED) is 0.793. The van der Waals surface area contributed by atoms with Gasteiger partial charge in [-0.15, -0.1) is 0 Å². The van der Waals surface area contributed by atoms with E-state index < -0.39 is 0 Å². The second-order valence-electron chi connectivity index (χ2n) is 5.75. The van der Waals surface area contributed by atoms with Crippen molar-refractivity contribution in [3.63, 3.8) is 0 Å². The van der Waals surface area contributed by atoms with Crippen LogP contribution >= 0.6 is 0 Å². The van der Waals surface area contributed by atoms with Crippen molar-refractivity contribution >= 4 is 5.78 Å². The highest BCUT2D eigenvalue weighted by molar-refractivity contribution is 5.99. The first-order chi connectivity index (χ1) is 9.49. The topological polar surface area (TPSA) is 23.6 Å². The van der Waals surface area contributed by atoms with Crippen molar-refractivity contribution in [1.29, 1.82) is 0 Å². The van der Waals surface area contributed by atoms with Crippen molar-refractivity contribution in [2.75, 3.05) is 26.7 Å². The molecule has 1 aliphatic rings. The third kappa shape index (κ3) is 3.44. The van der Waals surface area contributed by atoms with Gasteiger partial charge >= 0.3 is 0 Å². The normalized spacial score (nSPS) is 23.3. The number of likely N-dealkylation sites (N-methyl/N-ethyl adjacent to an activating group) is 1. The highest BCUT2D eigenvalue weighted by Gasteiger charge is 2.28. The third-order valence-corrected chi connectivity index (χ3v) is 4.10. The summed E-state index contributed by atoms with van der Waals surface area (Å²) in [4.78, 5) is 17.1. The zero-order valence-corrected chi connectivity index (χ0v) is 12.5. The lowest BCUT2D eigenvalue weighted by Crippen LogP contribution is -2.46. The Bertz CT molecular complexity index is 460. The number of nitrogens with zero attached hydrogens (tertiary/aromatic N) is 2. The summed E-state index contributed by atoms with van der Waals surface area (Å²) in [5, 5.41) is 0. The summed E-state index contributed by atoms with van der Waals surface area (Å²) in [7, 11) is 2.12. The largest absolute Gasteiger partial charge is 0.305 e. The van der Waals surface area contributed by atoms with Crippen molar-refractivity contribution in [2.45, 2.75) is 32.4 Å². The maximum Gasteiger partial charge on any atom is 0.179 e. The predicted molar refractivity (Wildman–Crippen MR) is 78.5 cm³/mol. The first-order valence-corrected chi connectivity index (χ1v) is 7.23. The molecule has 2 rings (SSSR count). The molecule has 0 radical (unpaired) electrons. The molecule has 0 N–H and O–H groups in total. The Labute approximate surface area is 120 Å². The molecule has 0 saturated carbocycles. The molecule has 110 valence electrons. The molecule has 0 aliphatic carbocycles. The summed E-state index contributed by atoms with van der Waals surface area (Å²) in [6, 6.07) is 6.02. The van der Waals surface area contributed by atoms with Crippen LogP contribution in [0.15, 0.2) is 24.3 Å². The van der Waals surface area contributed by atoms with Gasteiger partial charge in [-0.3, -0.25) is 9.69 Å². The van der Waals surface area contributed by atoms with Gasteiger partial charge in [-0.2, -0.15) is 0 Å². The number of ketones is 1. The Kier molecular flexibility index (Phi) is 4.89. The van der Waals surface area contributed by atoms with Crippen molar-refractivity contribution in [1.82, 2.24) is 9.80 Å². The van der Waals surface area contributed by atoms with Crippen LogP contribution in [0.2, 0.25) is 0 Å². The zero-order valence-electron chi connectivity index (χ0n) is 12.5. The Morgan fingerprint density at radius 1 is 1.30 bits per heavy atom. The second-order valence-corrected chi connectivity index (χ2v) is 5.75. The van der Waals surface area contributed by atoms with Crippen molar-refractivity contribution in [3.05, 3.63) is 35.6 Å². The van der Waals surface area contributed by atoms with Crippen LogP contribution in [0.25, 0.3) is 0 Å². The molecule has 20 heavy (non-hydrogen) atoms. The molecule has 1 heterocycles. The van der Waals surface area contributed by atoms with E-state index in [1.54, 1.807) is 12.1 Å². The minimum absolute atomic E-state index is 0.0707. The molecule has 0 amide bonds. The summed E-state index contributed by atoms with van der Waals surface area (Å²) < 4.78 is 12.9. The Balaban J connectivity index is 2.11. The summed E-state index contributed by atoms with van der Waals surface area (Å²) >= 11 is 0. The number of Topliss-reactive ketones (excluding diaryl/α,β-unsaturated/α-hetero) is 1. The molecule has 1 aliphatic heterocycles. The lowest BCUT2D eigenvalue weighted by atomic mass is 10.0. The van der Waals surface area contributed by atoms with E-state index in [1.165, 1.54) is 12.1 Å². The number of hydrogen-bond donors (Lipinski definition) is 0. The monoisotopic (exact) mass is 278 g/mol. The van der Waals surface area contributed by atoms with Gasteiger partial charge in [0.15, 0.2) is 5.78 Å². The van der Waals surface area contributed by atoms with Crippen LogP contribution in [-0.4, -0.2) is 54.3 Å². The Hall–Kier alpha value is -1.26. The smallest absolute Gasteiger partial charge is 0.179 e. The summed E-state index contributed by atoms with van der Waals surface area (Å²) in [6.45, 7) is 7.09. The molecule has 3 nitrogen and oxygen atoms in total. The second kappa shape index (κ2) is 6.46. The van der Waals surface area contributed by atoms with E-state index in [0.29, 0.717) is 11.6 Å². The Morgan fingerprint density at radius 2 is 1.95 bits per heavy atom. The predicted octanol–water partition coefficient (Wildman–Crippen LogP) is 2.42. The van der Waals surface area contributed by atoms with Crippen molar-refractivity contribution in [3.8, 4) is 0 Å². The first kappa shape index (κ1) is 15.1. The fourth-order valence-electron chi connectivity index (χ4n) is 2.97.